The first kappa shape index (κ1) is 17.2. The average Bonchev–Trinajstić information content (AvgIpc) is 2.55. The Morgan fingerprint density at radius 2 is 1.62 bits per heavy atom. The Morgan fingerprint density at radius 1 is 1.00 bits per heavy atom. The first-order valence-electron chi connectivity index (χ1n) is 7.38. The van der Waals surface area contributed by atoms with Crippen LogP contribution in [0.1, 0.15) is 18.4 Å². The van der Waals surface area contributed by atoms with Crippen LogP contribution in [0, 0.1) is 17.1 Å². The number of nitriles is 1. The molecule has 0 aliphatic rings. The molecule has 2 aromatic carbocycles. The fraction of sp³-hybridized carbons (Fsp3) is 0.167. The second-order valence-electron chi connectivity index (χ2n) is 5.14. The first-order valence-corrected chi connectivity index (χ1v) is 7.38. The van der Waals surface area contributed by atoms with E-state index in [1.807, 2.05) is 0 Å². The van der Waals surface area contributed by atoms with Gasteiger partial charge in [-0.3, -0.25) is 9.59 Å². The fourth-order valence-corrected chi connectivity index (χ4v) is 2.08. The third-order valence-electron chi connectivity index (χ3n) is 3.22. The van der Waals surface area contributed by atoms with Gasteiger partial charge in [0.2, 0.25) is 11.8 Å². The normalized spacial score (nSPS) is 9.83. The van der Waals surface area contributed by atoms with Crippen LogP contribution in [0.2, 0.25) is 0 Å². The standard InChI is InChI=1S/C18H16FN3O2/c19-14-7-4-13(5-8-14)6-9-17(23)21-15-2-1-3-16(12-15)22-18(24)10-11-20/h1-5,7-8,12H,6,9-10H2,(H,21,23)(H,22,24). The predicted octanol–water partition coefficient (Wildman–Crippen LogP) is 3.25. The van der Waals surface area contributed by atoms with Crippen molar-refractivity contribution in [1.29, 1.82) is 5.26 Å². The number of anilines is 2. The van der Waals surface area contributed by atoms with Gasteiger partial charge < -0.3 is 10.6 Å². The second-order valence-corrected chi connectivity index (χ2v) is 5.14. The summed E-state index contributed by atoms with van der Waals surface area (Å²) >= 11 is 0. The molecule has 2 rings (SSSR count). The van der Waals surface area contributed by atoms with Crippen molar-refractivity contribution in [2.45, 2.75) is 19.3 Å². The number of halogens is 1. The number of amides is 2. The molecule has 0 unspecified atom stereocenters. The quantitative estimate of drug-likeness (QED) is 0.855. The van der Waals surface area contributed by atoms with Crippen LogP contribution in [0.5, 0.6) is 0 Å². The van der Waals surface area contributed by atoms with Crippen LogP contribution in [0.15, 0.2) is 48.5 Å². The lowest BCUT2D eigenvalue weighted by molar-refractivity contribution is -0.116. The highest BCUT2D eigenvalue weighted by atomic mass is 19.1. The minimum absolute atomic E-state index is 0.181. The third-order valence-corrected chi connectivity index (χ3v) is 3.22. The van der Waals surface area contributed by atoms with E-state index < -0.39 is 5.91 Å². The summed E-state index contributed by atoms with van der Waals surface area (Å²) in [5.41, 5.74) is 1.93. The van der Waals surface area contributed by atoms with Gasteiger partial charge in [-0.05, 0) is 42.3 Å². The molecule has 2 N–H and O–H groups in total. The molecule has 0 aromatic heterocycles. The zero-order chi connectivity index (χ0) is 17.4. The van der Waals surface area contributed by atoms with Crippen molar-refractivity contribution in [2.24, 2.45) is 0 Å². The van der Waals surface area contributed by atoms with Crippen molar-refractivity contribution in [1.82, 2.24) is 0 Å². The summed E-state index contributed by atoms with van der Waals surface area (Å²) in [6.07, 6.45) is 0.537. The van der Waals surface area contributed by atoms with E-state index in [1.165, 1.54) is 12.1 Å². The van der Waals surface area contributed by atoms with Crippen LogP contribution in [-0.2, 0) is 16.0 Å². The molecular weight excluding hydrogens is 309 g/mol. The molecule has 0 spiro atoms. The summed E-state index contributed by atoms with van der Waals surface area (Å²) in [4.78, 5) is 23.4. The maximum atomic E-state index is 12.8. The Labute approximate surface area is 139 Å². The maximum absolute atomic E-state index is 12.8. The van der Waals surface area contributed by atoms with Crippen molar-refractivity contribution in [2.75, 3.05) is 10.6 Å². The van der Waals surface area contributed by atoms with E-state index in [0.717, 1.165) is 5.56 Å². The Hall–Kier alpha value is -3.20. The van der Waals surface area contributed by atoms with E-state index in [-0.39, 0.29) is 24.6 Å². The molecule has 0 bridgehead atoms. The van der Waals surface area contributed by atoms with Gasteiger partial charge in [-0.15, -0.1) is 0 Å². The maximum Gasteiger partial charge on any atom is 0.238 e. The van der Waals surface area contributed by atoms with E-state index in [1.54, 1.807) is 42.5 Å². The Bertz CT molecular complexity index is 767. The van der Waals surface area contributed by atoms with E-state index in [0.29, 0.717) is 17.8 Å². The lowest BCUT2D eigenvalue weighted by Gasteiger charge is -2.08. The highest BCUT2D eigenvalue weighted by Crippen LogP contribution is 2.16. The lowest BCUT2D eigenvalue weighted by Crippen LogP contribution is -2.13. The van der Waals surface area contributed by atoms with Crippen molar-refractivity contribution < 1.29 is 14.0 Å². The van der Waals surface area contributed by atoms with Crippen molar-refractivity contribution in [3.63, 3.8) is 0 Å². The van der Waals surface area contributed by atoms with Gasteiger partial charge >= 0.3 is 0 Å². The molecule has 0 saturated carbocycles. The number of hydrogen-bond donors (Lipinski definition) is 2. The third kappa shape index (κ3) is 5.54. The number of benzene rings is 2. The van der Waals surface area contributed by atoms with Crippen molar-refractivity contribution in [3.05, 3.63) is 59.9 Å². The number of nitrogens with zero attached hydrogens (tertiary/aromatic N) is 1. The van der Waals surface area contributed by atoms with Gasteiger partial charge in [0.1, 0.15) is 12.2 Å². The number of carbonyl (C=O) groups is 2. The van der Waals surface area contributed by atoms with E-state index in [4.69, 9.17) is 5.26 Å². The van der Waals surface area contributed by atoms with Crippen LogP contribution in [0.25, 0.3) is 0 Å². The van der Waals surface area contributed by atoms with Crippen LogP contribution in [0.3, 0.4) is 0 Å². The Balaban J connectivity index is 1.88. The highest BCUT2D eigenvalue weighted by Gasteiger charge is 2.06. The zero-order valence-corrected chi connectivity index (χ0v) is 12.9. The SMILES string of the molecule is N#CCC(=O)Nc1cccc(NC(=O)CCc2ccc(F)cc2)c1. The molecule has 0 saturated heterocycles. The van der Waals surface area contributed by atoms with Crippen LogP contribution >= 0.6 is 0 Å². The van der Waals surface area contributed by atoms with Gasteiger partial charge in [0.15, 0.2) is 0 Å². The number of rotatable bonds is 6. The molecule has 0 radical (unpaired) electrons. The van der Waals surface area contributed by atoms with E-state index in [2.05, 4.69) is 10.6 Å². The molecule has 0 atom stereocenters. The molecule has 2 aromatic rings. The average molecular weight is 325 g/mol. The van der Waals surface area contributed by atoms with Crippen molar-refractivity contribution in [3.8, 4) is 6.07 Å². The van der Waals surface area contributed by atoms with Crippen LogP contribution < -0.4 is 10.6 Å². The van der Waals surface area contributed by atoms with Crippen LogP contribution in [-0.4, -0.2) is 11.8 Å². The highest BCUT2D eigenvalue weighted by molar-refractivity contribution is 5.94. The zero-order valence-electron chi connectivity index (χ0n) is 12.9. The fourth-order valence-electron chi connectivity index (χ4n) is 2.08. The van der Waals surface area contributed by atoms with E-state index in [9.17, 15) is 14.0 Å². The molecule has 24 heavy (non-hydrogen) atoms. The summed E-state index contributed by atoms with van der Waals surface area (Å²) in [7, 11) is 0. The number of hydrogen-bond acceptors (Lipinski definition) is 3. The minimum atomic E-state index is -0.405. The van der Waals surface area contributed by atoms with Gasteiger partial charge in [-0.1, -0.05) is 18.2 Å². The molecule has 6 heteroatoms. The van der Waals surface area contributed by atoms with Gasteiger partial charge in [-0.2, -0.15) is 5.26 Å². The molecule has 122 valence electrons. The Morgan fingerprint density at radius 3 is 2.25 bits per heavy atom. The summed E-state index contributed by atoms with van der Waals surface area (Å²) in [5.74, 6) is -0.893. The van der Waals surface area contributed by atoms with Gasteiger partial charge in [0, 0.05) is 17.8 Å². The number of nitrogens with one attached hydrogen (secondary N) is 2. The number of carbonyl (C=O) groups excluding carboxylic acids is 2. The van der Waals surface area contributed by atoms with Crippen molar-refractivity contribution >= 4 is 23.2 Å². The molecule has 2 amide bonds. The summed E-state index contributed by atoms with van der Waals surface area (Å²) < 4.78 is 12.8. The molecule has 0 aliphatic heterocycles. The topological polar surface area (TPSA) is 82.0 Å². The van der Waals surface area contributed by atoms with Gasteiger partial charge in [0.05, 0.1) is 6.07 Å². The summed E-state index contributed by atoms with van der Waals surface area (Å²) in [6.45, 7) is 0. The van der Waals surface area contributed by atoms with Gasteiger partial charge in [-0.25, -0.2) is 4.39 Å². The van der Waals surface area contributed by atoms with Crippen LogP contribution in [0.4, 0.5) is 15.8 Å². The second kappa shape index (κ2) is 8.44. The molecule has 0 fully saturated rings. The van der Waals surface area contributed by atoms with E-state index >= 15 is 0 Å². The van der Waals surface area contributed by atoms with Gasteiger partial charge in [0.25, 0.3) is 0 Å². The largest absolute Gasteiger partial charge is 0.326 e. The molecule has 0 aliphatic carbocycles. The first-order chi connectivity index (χ1) is 11.6. The summed E-state index contributed by atoms with van der Waals surface area (Å²) in [6, 6.07) is 14.5. The smallest absolute Gasteiger partial charge is 0.238 e. The Kier molecular flexibility index (Phi) is 6.03. The number of aryl methyl sites for hydroxylation is 1. The molecule has 0 heterocycles. The monoisotopic (exact) mass is 325 g/mol. The lowest BCUT2D eigenvalue weighted by atomic mass is 10.1. The summed E-state index contributed by atoms with van der Waals surface area (Å²) in [5, 5.41) is 13.8. The molecular formula is C18H16FN3O2. The molecule has 5 nitrogen and oxygen atoms in total. The minimum Gasteiger partial charge on any atom is -0.326 e. The predicted molar refractivity (Wildman–Crippen MR) is 88.7 cm³/mol.